The van der Waals surface area contributed by atoms with Crippen LogP contribution in [0.1, 0.15) is 67.7 Å². The molecule has 0 radical (unpaired) electrons. The second-order valence-electron chi connectivity index (χ2n) is 11.5. The molecular weight excluding hydrogens is 432 g/mol. The highest BCUT2D eigenvalue weighted by atomic mass is 16.7. The maximum atomic E-state index is 11.3. The topological polar surface area (TPSA) is 88.4 Å². The molecule has 0 aromatic rings. The number of hydrogen-bond donors (Lipinski definition) is 3. The molecule has 0 aromatic carbocycles. The van der Waals surface area contributed by atoms with E-state index in [1.807, 2.05) is 41.5 Å². The van der Waals surface area contributed by atoms with Crippen LogP contribution in [-0.2, 0) is 14.2 Å². The van der Waals surface area contributed by atoms with Gasteiger partial charge in [-0.2, -0.15) is 0 Å². The molecule has 0 unspecified atom stereocenters. The second-order valence-corrected chi connectivity index (χ2v) is 11.5. The van der Waals surface area contributed by atoms with Gasteiger partial charge >= 0.3 is 0 Å². The van der Waals surface area contributed by atoms with Crippen LogP contribution in [-0.4, -0.2) is 64.8 Å². The van der Waals surface area contributed by atoms with E-state index in [2.05, 4.69) is 20.1 Å². The summed E-state index contributed by atoms with van der Waals surface area (Å²) in [6, 6.07) is 0. The molecule has 2 fully saturated rings. The Balaban J connectivity index is 2.34. The maximum absolute atomic E-state index is 11.3. The minimum Gasteiger partial charge on any atom is -0.392 e. The number of aliphatic hydroxyl groups excluding tert-OH is 3. The summed E-state index contributed by atoms with van der Waals surface area (Å²) in [6.45, 7) is 21.9. The van der Waals surface area contributed by atoms with Crippen LogP contribution < -0.4 is 0 Å². The van der Waals surface area contributed by atoms with E-state index in [9.17, 15) is 15.3 Å². The Labute approximate surface area is 207 Å². The van der Waals surface area contributed by atoms with Gasteiger partial charge in [0.25, 0.3) is 0 Å². The minimum absolute atomic E-state index is 0.00899. The standard InChI is InChI=1S/C28H50O6/c1-11-16(4)24(30)20(8)26-18(6)13-23(29)28(33-26)14-22(32-10)19(7)27(34-28)21(9)25(31)17(5)12-15(2)3/h11,16-27,29-31H,1-2,12-14H2,3-10H3/t16-,17-,18-,19+,20-,21+,22+,23-,24-,25-,26-,27-,28+/m0/s1. The fourth-order valence-corrected chi connectivity index (χ4v) is 6.15. The normalized spacial score (nSPS) is 39.6. The first kappa shape index (κ1) is 29.5. The molecule has 2 rings (SSSR count). The average Bonchev–Trinajstić information content (AvgIpc) is 2.79. The molecule has 13 atom stereocenters. The van der Waals surface area contributed by atoms with Crippen LogP contribution in [0.5, 0.6) is 0 Å². The van der Waals surface area contributed by atoms with Gasteiger partial charge in [-0.3, -0.25) is 0 Å². The lowest BCUT2D eigenvalue weighted by atomic mass is 9.74. The van der Waals surface area contributed by atoms with Crippen LogP contribution in [0.4, 0.5) is 0 Å². The first-order chi connectivity index (χ1) is 15.8. The van der Waals surface area contributed by atoms with E-state index in [0.717, 1.165) is 12.0 Å². The summed E-state index contributed by atoms with van der Waals surface area (Å²) in [4.78, 5) is 0. The first-order valence-electron chi connectivity index (χ1n) is 13.0. The third kappa shape index (κ3) is 6.13. The van der Waals surface area contributed by atoms with Crippen molar-refractivity contribution < 1.29 is 29.5 Å². The number of ether oxygens (including phenoxy) is 3. The largest absolute Gasteiger partial charge is 0.392 e. The van der Waals surface area contributed by atoms with Gasteiger partial charge in [0, 0.05) is 37.2 Å². The summed E-state index contributed by atoms with van der Waals surface area (Å²) in [5, 5.41) is 33.3. The van der Waals surface area contributed by atoms with E-state index in [-0.39, 0.29) is 53.8 Å². The highest BCUT2D eigenvalue weighted by molar-refractivity contribution is 5.01. The van der Waals surface area contributed by atoms with Crippen molar-refractivity contribution in [2.24, 2.45) is 35.5 Å². The predicted octanol–water partition coefficient (Wildman–Crippen LogP) is 4.33. The van der Waals surface area contributed by atoms with Crippen LogP contribution in [0.25, 0.3) is 0 Å². The quantitative estimate of drug-likeness (QED) is 0.402. The number of hydrogen-bond acceptors (Lipinski definition) is 6. The molecule has 2 heterocycles. The van der Waals surface area contributed by atoms with Crippen molar-refractivity contribution in [1.29, 1.82) is 0 Å². The van der Waals surface area contributed by atoms with E-state index < -0.39 is 24.1 Å². The zero-order chi connectivity index (χ0) is 26.0. The zero-order valence-electron chi connectivity index (χ0n) is 22.6. The lowest BCUT2D eigenvalue weighted by Crippen LogP contribution is -2.65. The fourth-order valence-electron chi connectivity index (χ4n) is 6.15. The van der Waals surface area contributed by atoms with Gasteiger partial charge in [0.1, 0.15) is 6.10 Å². The van der Waals surface area contributed by atoms with Gasteiger partial charge in [-0.15, -0.1) is 13.2 Å². The van der Waals surface area contributed by atoms with Gasteiger partial charge < -0.3 is 29.5 Å². The Bertz CT molecular complexity index is 682. The maximum Gasteiger partial charge on any atom is 0.197 e. The summed E-state index contributed by atoms with van der Waals surface area (Å²) in [5.41, 5.74) is 1.03. The molecule has 0 amide bonds. The summed E-state index contributed by atoms with van der Waals surface area (Å²) >= 11 is 0. The predicted molar refractivity (Wildman–Crippen MR) is 135 cm³/mol. The van der Waals surface area contributed by atoms with E-state index in [1.165, 1.54) is 0 Å². The Hall–Kier alpha value is -0.760. The van der Waals surface area contributed by atoms with Crippen molar-refractivity contribution in [3.63, 3.8) is 0 Å². The molecular formula is C28H50O6. The molecule has 0 aliphatic carbocycles. The molecule has 0 bridgehead atoms. The van der Waals surface area contributed by atoms with E-state index in [4.69, 9.17) is 14.2 Å². The van der Waals surface area contributed by atoms with Crippen LogP contribution in [0.2, 0.25) is 0 Å². The summed E-state index contributed by atoms with van der Waals surface area (Å²) < 4.78 is 19.2. The van der Waals surface area contributed by atoms with Crippen molar-refractivity contribution >= 4 is 0 Å². The van der Waals surface area contributed by atoms with Crippen molar-refractivity contribution in [2.45, 2.75) is 110 Å². The molecule has 2 saturated heterocycles. The fraction of sp³-hybridized carbons (Fsp3) is 0.857. The van der Waals surface area contributed by atoms with Gasteiger partial charge in [0.05, 0.1) is 30.5 Å². The van der Waals surface area contributed by atoms with Crippen LogP contribution in [0, 0.1) is 35.5 Å². The van der Waals surface area contributed by atoms with E-state index in [1.54, 1.807) is 13.2 Å². The smallest absolute Gasteiger partial charge is 0.197 e. The third-order valence-corrected chi connectivity index (χ3v) is 8.51. The van der Waals surface area contributed by atoms with Crippen LogP contribution >= 0.6 is 0 Å². The van der Waals surface area contributed by atoms with Crippen molar-refractivity contribution in [3.05, 3.63) is 24.8 Å². The second kappa shape index (κ2) is 12.0. The molecule has 2 aliphatic rings. The van der Waals surface area contributed by atoms with Crippen LogP contribution in [0.3, 0.4) is 0 Å². The molecule has 2 aliphatic heterocycles. The van der Waals surface area contributed by atoms with Crippen LogP contribution in [0.15, 0.2) is 24.8 Å². The van der Waals surface area contributed by atoms with E-state index in [0.29, 0.717) is 12.8 Å². The first-order valence-corrected chi connectivity index (χ1v) is 13.0. The average molecular weight is 483 g/mol. The number of aliphatic hydroxyl groups is 3. The molecule has 34 heavy (non-hydrogen) atoms. The highest BCUT2D eigenvalue weighted by Gasteiger charge is 2.57. The zero-order valence-corrected chi connectivity index (χ0v) is 22.6. The van der Waals surface area contributed by atoms with Gasteiger partial charge in [0.15, 0.2) is 5.79 Å². The minimum atomic E-state index is -1.24. The lowest BCUT2D eigenvalue weighted by Gasteiger charge is -2.56. The van der Waals surface area contributed by atoms with Gasteiger partial charge in [-0.1, -0.05) is 53.2 Å². The summed E-state index contributed by atoms with van der Waals surface area (Å²) in [6.07, 6.45) is 0.503. The van der Waals surface area contributed by atoms with E-state index >= 15 is 0 Å². The highest BCUT2D eigenvalue weighted by Crippen LogP contribution is 2.47. The van der Waals surface area contributed by atoms with Gasteiger partial charge in [-0.25, -0.2) is 0 Å². The molecule has 3 N–H and O–H groups in total. The molecule has 198 valence electrons. The van der Waals surface area contributed by atoms with Crippen molar-refractivity contribution in [3.8, 4) is 0 Å². The molecule has 0 saturated carbocycles. The Morgan fingerprint density at radius 2 is 1.65 bits per heavy atom. The summed E-state index contributed by atoms with van der Waals surface area (Å²) in [7, 11) is 1.68. The van der Waals surface area contributed by atoms with Gasteiger partial charge in [-0.05, 0) is 31.6 Å². The molecule has 6 nitrogen and oxygen atoms in total. The number of allylic oxidation sites excluding steroid dienone is 1. The third-order valence-electron chi connectivity index (χ3n) is 8.51. The molecule has 0 aromatic heterocycles. The van der Waals surface area contributed by atoms with Crippen molar-refractivity contribution in [2.75, 3.05) is 7.11 Å². The molecule has 1 spiro atoms. The number of rotatable bonds is 10. The van der Waals surface area contributed by atoms with Crippen molar-refractivity contribution in [1.82, 2.24) is 0 Å². The molecule has 6 heteroatoms. The lowest BCUT2D eigenvalue weighted by molar-refractivity contribution is -0.391. The SMILES string of the molecule is C=C[C@H](C)[C@H](O)[C@H](C)[C@H]1O[C@@]2(C[C@@H](OC)[C@@H](C)[C@@H]([C@H](C)[C@@H](O)[C@@H](C)CC(=C)C)O2)[C@@H](O)C[C@@H]1C. The Kier molecular flexibility index (Phi) is 10.4. The monoisotopic (exact) mass is 482 g/mol. The van der Waals surface area contributed by atoms with Gasteiger partial charge in [0.2, 0.25) is 0 Å². The summed E-state index contributed by atoms with van der Waals surface area (Å²) in [5.74, 6) is -1.61. The Morgan fingerprint density at radius 1 is 1.09 bits per heavy atom. The number of methoxy groups -OCH3 is 1. The Morgan fingerprint density at radius 3 is 2.18 bits per heavy atom.